The number of benzene rings is 1. The molecule has 0 radical (unpaired) electrons. The molecule has 1 unspecified atom stereocenters. The number of rotatable bonds is 5. The highest BCUT2D eigenvalue weighted by Gasteiger charge is 2.30. The molecule has 1 atom stereocenters. The van der Waals surface area contributed by atoms with Crippen LogP contribution in [0, 0.1) is 19.8 Å². The summed E-state index contributed by atoms with van der Waals surface area (Å²) in [4.78, 5) is 18.0. The minimum atomic E-state index is -3.28. The van der Waals surface area contributed by atoms with Gasteiger partial charge in [0.05, 0.1) is 22.4 Å². The Kier molecular flexibility index (Phi) is 6.69. The quantitative estimate of drug-likeness (QED) is 0.715. The van der Waals surface area contributed by atoms with Gasteiger partial charge in [-0.25, -0.2) is 12.7 Å². The van der Waals surface area contributed by atoms with E-state index >= 15 is 0 Å². The Morgan fingerprint density at radius 2 is 2.04 bits per heavy atom. The fraction of sp³-hybridized carbons (Fsp3) is 0.579. The molecule has 1 amide bonds. The minimum Gasteiger partial charge on any atom is -0.316 e. The number of hydrogen-bond donors (Lipinski definition) is 0. The number of thiazole rings is 1. The van der Waals surface area contributed by atoms with E-state index in [1.165, 1.54) is 33.0 Å². The average molecular weight is 442 g/mol. The van der Waals surface area contributed by atoms with E-state index in [0.717, 1.165) is 22.5 Å². The second kappa shape index (κ2) is 8.69. The van der Waals surface area contributed by atoms with E-state index in [1.807, 2.05) is 0 Å². The van der Waals surface area contributed by atoms with Gasteiger partial charge in [0.25, 0.3) is 5.91 Å². The zero-order valence-corrected chi connectivity index (χ0v) is 19.2. The first-order valence-corrected chi connectivity index (χ1v) is 13.4. The number of carbonyl (C=O) groups is 1. The molecule has 3 rings (SSSR count). The van der Waals surface area contributed by atoms with Crippen LogP contribution in [0.2, 0.25) is 0 Å². The highest BCUT2D eigenvalue weighted by molar-refractivity contribution is 7.98. The molecule has 2 aromatic rings. The minimum absolute atomic E-state index is 0.216. The SMILES string of the molecule is CSCCn1c(=NC(=O)C2CCCN(S(C)(=O)=O)C2)sc2cc(C)c(C)cc21. The molecule has 1 aliphatic heterocycles. The predicted octanol–water partition coefficient (Wildman–Crippen LogP) is 2.78. The lowest BCUT2D eigenvalue weighted by atomic mass is 9.99. The molecule has 1 aromatic carbocycles. The number of fused-ring (bicyclic) bond motifs is 1. The van der Waals surface area contributed by atoms with Gasteiger partial charge in [0.1, 0.15) is 0 Å². The van der Waals surface area contributed by atoms with Gasteiger partial charge in [-0.3, -0.25) is 4.79 Å². The molecular formula is C19H27N3O3S3. The van der Waals surface area contributed by atoms with E-state index in [2.05, 4.69) is 41.8 Å². The summed E-state index contributed by atoms with van der Waals surface area (Å²) in [5.41, 5.74) is 3.55. The second-order valence-corrected chi connectivity index (χ2v) is 11.3. The third-order valence-corrected chi connectivity index (χ3v) is 8.13. The van der Waals surface area contributed by atoms with Crippen LogP contribution in [-0.4, -0.2) is 54.6 Å². The predicted molar refractivity (Wildman–Crippen MR) is 117 cm³/mol. The molecule has 0 N–H and O–H groups in total. The van der Waals surface area contributed by atoms with E-state index in [-0.39, 0.29) is 18.4 Å². The van der Waals surface area contributed by atoms with Crippen molar-refractivity contribution < 1.29 is 13.2 Å². The van der Waals surface area contributed by atoms with Crippen LogP contribution in [0.3, 0.4) is 0 Å². The maximum atomic E-state index is 12.9. The van der Waals surface area contributed by atoms with Crippen molar-refractivity contribution >= 4 is 49.2 Å². The number of nitrogens with zero attached hydrogens (tertiary/aromatic N) is 3. The third kappa shape index (κ3) is 4.69. The molecule has 9 heteroatoms. The number of aryl methyl sites for hydroxylation is 3. The van der Waals surface area contributed by atoms with Crippen LogP contribution in [0.5, 0.6) is 0 Å². The molecule has 2 heterocycles. The van der Waals surface area contributed by atoms with E-state index in [9.17, 15) is 13.2 Å². The fourth-order valence-electron chi connectivity index (χ4n) is 3.44. The van der Waals surface area contributed by atoms with Crippen molar-refractivity contribution in [3.8, 4) is 0 Å². The highest BCUT2D eigenvalue weighted by atomic mass is 32.2. The molecule has 1 saturated heterocycles. The molecule has 1 fully saturated rings. The molecule has 1 aromatic heterocycles. The monoisotopic (exact) mass is 441 g/mol. The lowest BCUT2D eigenvalue weighted by Crippen LogP contribution is -2.41. The van der Waals surface area contributed by atoms with Gasteiger partial charge in [0, 0.05) is 25.4 Å². The van der Waals surface area contributed by atoms with Gasteiger partial charge in [-0.2, -0.15) is 16.8 Å². The molecule has 0 bridgehead atoms. The molecule has 0 aliphatic carbocycles. The van der Waals surface area contributed by atoms with Gasteiger partial charge in [-0.15, -0.1) is 0 Å². The Labute approximate surface area is 174 Å². The number of amides is 1. The van der Waals surface area contributed by atoms with Crippen LogP contribution in [-0.2, 0) is 21.4 Å². The van der Waals surface area contributed by atoms with Gasteiger partial charge in [-0.1, -0.05) is 11.3 Å². The maximum absolute atomic E-state index is 12.9. The highest BCUT2D eigenvalue weighted by Crippen LogP contribution is 2.23. The second-order valence-electron chi connectivity index (χ2n) is 7.34. The standard InChI is InChI=1S/C19H27N3O3S3/c1-13-10-16-17(11-14(13)2)27-19(22(16)8-9-26-3)20-18(23)15-6-5-7-21(12-15)28(4,24)25/h10-11,15H,5-9,12H2,1-4H3. The molecule has 28 heavy (non-hydrogen) atoms. The first-order valence-electron chi connectivity index (χ1n) is 9.34. The van der Waals surface area contributed by atoms with Crippen LogP contribution in [0.4, 0.5) is 0 Å². The lowest BCUT2D eigenvalue weighted by molar-refractivity contribution is -0.122. The molecule has 1 aliphatic rings. The summed E-state index contributed by atoms with van der Waals surface area (Å²) >= 11 is 3.29. The Balaban J connectivity index is 1.99. The van der Waals surface area contributed by atoms with Crippen LogP contribution < -0.4 is 4.80 Å². The van der Waals surface area contributed by atoms with Crippen LogP contribution in [0.1, 0.15) is 24.0 Å². The Hall–Kier alpha value is -1.16. The van der Waals surface area contributed by atoms with E-state index in [1.54, 1.807) is 11.8 Å². The zero-order valence-electron chi connectivity index (χ0n) is 16.8. The first-order chi connectivity index (χ1) is 13.2. The Morgan fingerprint density at radius 1 is 1.32 bits per heavy atom. The molecule has 154 valence electrons. The van der Waals surface area contributed by atoms with E-state index in [4.69, 9.17) is 0 Å². The molecular weight excluding hydrogens is 414 g/mol. The van der Waals surface area contributed by atoms with Gasteiger partial charge >= 0.3 is 0 Å². The lowest BCUT2D eigenvalue weighted by Gasteiger charge is -2.28. The van der Waals surface area contributed by atoms with Gasteiger partial charge in [0.15, 0.2) is 4.80 Å². The third-order valence-electron chi connectivity index (χ3n) is 5.23. The summed E-state index contributed by atoms with van der Waals surface area (Å²) in [7, 11) is -3.28. The van der Waals surface area contributed by atoms with Crippen molar-refractivity contribution in [2.45, 2.75) is 33.2 Å². The summed E-state index contributed by atoms with van der Waals surface area (Å²) in [5.74, 6) is 0.350. The summed E-state index contributed by atoms with van der Waals surface area (Å²) in [6, 6.07) is 4.32. The van der Waals surface area contributed by atoms with Gasteiger partial charge in [0.2, 0.25) is 10.0 Å². The zero-order chi connectivity index (χ0) is 20.5. The normalized spacial score (nSPS) is 19.4. The number of sulfonamides is 1. The number of aromatic nitrogens is 1. The molecule has 0 spiro atoms. The van der Waals surface area contributed by atoms with Crippen molar-refractivity contribution in [3.05, 3.63) is 28.1 Å². The topological polar surface area (TPSA) is 71.7 Å². The van der Waals surface area contributed by atoms with Gasteiger partial charge < -0.3 is 4.57 Å². The Bertz CT molecular complexity index is 1050. The summed E-state index contributed by atoms with van der Waals surface area (Å²) in [6.07, 6.45) is 4.64. The van der Waals surface area contributed by atoms with E-state index in [0.29, 0.717) is 24.2 Å². The Morgan fingerprint density at radius 3 is 2.71 bits per heavy atom. The van der Waals surface area contributed by atoms with Crippen LogP contribution in [0.25, 0.3) is 10.2 Å². The summed E-state index contributed by atoms with van der Waals surface area (Å²) in [6.45, 7) is 5.68. The largest absolute Gasteiger partial charge is 0.316 e. The maximum Gasteiger partial charge on any atom is 0.252 e. The number of carbonyl (C=O) groups excluding carboxylic acids is 1. The molecule has 6 nitrogen and oxygen atoms in total. The number of hydrogen-bond acceptors (Lipinski definition) is 5. The van der Waals surface area contributed by atoms with Crippen molar-refractivity contribution in [1.82, 2.24) is 8.87 Å². The van der Waals surface area contributed by atoms with Crippen molar-refractivity contribution in [1.29, 1.82) is 0 Å². The van der Waals surface area contributed by atoms with Crippen molar-refractivity contribution in [2.24, 2.45) is 10.9 Å². The smallest absolute Gasteiger partial charge is 0.252 e. The number of piperidine rings is 1. The number of thioether (sulfide) groups is 1. The van der Waals surface area contributed by atoms with Gasteiger partial charge in [-0.05, 0) is 56.2 Å². The van der Waals surface area contributed by atoms with E-state index < -0.39 is 10.0 Å². The first kappa shape index (κ1) is 21.5. The summed E-state index contributed by atoms with van der Waals surface area (Å²) < 4.78 is 28.3. The fourth-order valence-corrected chi connectivity index (χ4v) is 5.85. The summed E-state index contributed by atoms with van der Waals surface area (Å²) in [5, 5.41) is 0. The average Bonchev–Trinajstić information content (AvgIpc) is 2.95. The van der Waals surface area contributed by atoms with Crippen molar-refractivity contribution in [3.63, 3.8) is 0 Å². The van der Waals surface area contributed by atoms with Crippen LogP contribution >= 0.6 is 23.1 Å². The van der Waals surface area contributed by atoms with Crippen molar-refractivity contribution in [2.75, 3.05) is 31.4 Å². The van der Waals surface area contributed by atoms with Crippen LogP contribution in [0.15, 0.2) is 17.1 Å². The molecule has 0 saturated carbocycles.